The van der Waals surface area contributed by atoms with E-state index < -0.39 is 49.5 Å². The van der Waals surface area contributed by atoms with Crippen molar-refractivity contribution in [3.05, 3.63) is 24.3 Å². The fourth-order valence-corrected chi connectivity index (χ4v) is 11.8. The van der Waals surface area contributed by atoms with Crippen LogP contribution in [-0.2, 0) is 23.8 Å². The van der Waals surface area contributed by atoms with Crippen LogP contribution in [0.5, 0.6) is 0 Å². The van der Waals surface area contributed by atoms with Crippen LogP contribution in [0.1, 0.15) is 367 Å². The molecule has 0 aliphatic carbocycles. The second-order valence-electron chi connectivity index (χ2n) is 25.7. The zero-order chi connectivity index (χ0) is 60.9. The Morgan fingerprint density at radius 1 is 0.429 bits per heavy atom. The molecule has 84 heavy (non-hydrogen) atoms. The third-order valence-corrected chi connectivity index (χ3v) is 17.6. The van der Waals surface area contributed by atoms with Crippen molar-refractivity contribution in [2.24, 2.45) is 0 Å². The first-order chi connectivity index (χ1) is 41.2. The molecular weight excluding hydrogens is 1050 g/mol. The van der Waals surface area contributed by atoms with Crippen molar-refractivity contribution in [2.45, 2.75) is 410 Å². The number of carbonyl (C=O) groups is 2. The molecule has 0 spiro atoms. The average molecular weight is 1190 g/mol. The molecule has 1 rings (SSSR count). The summed E-state index contributed by atoms with van der Waals surface area (Å²) in [4.78, 5) is 25.1. The fraction of sp³-hybridized carbons (Fsp3) is 0.918. The molecule has 6 N–H and O–H groups in total. The van der Waals surface area contributed by atoms with Gasteiger partial charge in [-0.05, 0) is 57.8 Å². The van der Waals surface area contributed by atoms with Crippen molar-refractivity contribution in [3.8, 4) is 0 Å². The molecular formula is C73H139NO10. The van der Waals surface area contributed by atoms with Crippen LogP contribution in [0.3, 0.4) is 0 Å². The van der Waals surface area contributed by atoms with Crippen molar-refractivity contribution in [2.75, 3.05) is 19.8 Å². The van der Waals surface area contributed by atoms with E-state index in [1.54, 1.807) is 6.08 Å². The first-order valence-electron chi connectivity index (χ1n) is 36.6. The van der Waals surface area contributed by atoms with Gasteiger partial charge in [0, 0.05) is 12.8 Å². The Morgan fingerprint density at radius 3 is 1.14 bits per heavy atom. The highest BCUT2D eigenvalue weighted by atomic mass is 16.7. The number of rotatable bonds is 65. The van der Waals surface area contributed by atoms with Crippen molar-refractivity contribution in [1.82, 2.24) is 5.32 Å². The quantitative estimate of drug-likeness (QED) is 0.0195. The van der Waals surface area contributed by atoms with Gasteiger partial charge in [-0.3, -0.25) is 9.59 Å². The number of hydrogen-bond acceptors (Lipinski definition) is 10. The molecule has 1 aliphatic heterocycles. The third-order valence-electron chi connectivity index (χ3n) is 17.6. The molecule has 1 heterocycles. The van der Waals surface area contributed by atoms with Gasteiger partial charge in [0.25, 0.3) is 0 Å². The second kappa shape index (κ2) is 62.7. The number of allylic oxidation sites excluding steroid dienone is 3. The van der Waals surface area contributed by atoms with Crippen LogP contribution in [0.4, 0.5) is 0 Å². The van der Waals surface area contributed by atoms with Gasteiger partial charge in [-0.15, -0.1) is 0 Å². The number of hydrogen-bond donors (Lipinski definition) is 6. The normalized spacial score (nSPS) is 18.1. The van der Waals surface area contributed by atoms with Gasteiger partial charge in [-0.1, -0.05) is 321 Å². The standard InChI is InChI=1S/C73H139NO10/c1-3-5-7-9-11-13-15-37-41-45-49-53-57-61-69(78)82-62-58-54-50-46-42-39-36-34-32-30-28-26-24-22-20-18-16-17-19-21-23-25-27-29-31-33-35-38-40-44-48-52-56-60-68(77)74-65(64-83-73-72(81)71(80)70(79)67(63-75)84-73)66(76)59-55-51-47-43-14-12-10-8-6-4-2/h20,22,55,59,65-67,70-73,75-76,79-81H,3-19,21,23-54,56-58,60-64H2,1-2H3,(H,74,77)/b22-20-,59-55+. The Hall–Kier alpha value is -1.86. The number of amides is 1. The number of carbonyl (C=O) groups excluding carboxylic acids is 2. The molecule has 0 radical (unpaired) electrons. The highest BCUT2D eigenvalue weighted by molar-refractivity contribution is 5.76. The molecule has 11 heteroatoms. The van der Waals surface area contributed by atoms with E-state index in [9.17, 15) is 35.1 Å². The minimum Gasteiger partial charge on any atom is -0.466 e. The lowest BCUT2D eigenvalue weighted by Gasteiger charge is -2.40. The van der Waals surface area contributed by atoms with Gasteiger partial charge in [-0.2, -0.15) is 0 Å². The maximum Gasteiger partial charge on any atom is 0.305 e. The monoisotopic (exact) mass is 1190 g/mol. The maximum absolute atomic E-state index is 13.0. The van der Waals surface area contributed by atoms with E-state index in [-0.39, 0.29) is 18.5 Å². The fourth-order valence-electron chi connectivity index (χ4n) is 11.8. The summed E-state index contributed by atoms with van der Waals surface area (Å²) in [7, 11) is 0. The van der Waals surface area contributed by atoms with E-state index >= 15 is 0 Å². The molecule has 1 saturated heterocycles. The summed E-state index contributed by atoms with van der Waals surface area (Å²) in [5, 5.41) is 54.4. The molecule has 7 unspecified atom stereocenters. The van der Waals surface area contributed by atoms with Gasteiger partial charge in [0.2, 0.25) is 5.91 Å². The molecule has 7 atom stereocenters. The van der Waals surface area contributed by atoms with Crippen molar-refractivity contribution < 1.29 is 49.3 Å². The molecule has 1 amide bonds. The molecule has 11 nitrogen and oxygen atoms in total. The smallest absolute Gasteiger partial charge is 0.305 e. The topological polar surface area (TPSA) is 175 Å². The second-order valence-corrected chi connectivity index (χ2v) is 25.7. The van der Waals surface area contributed by atoms with Crippen LogP contribution in [0, 0.1) is 0 Å². The van der Waals surface area contributed by atoms with Crippen molar-refractivity contribution in [3.63, 3.8) is 0 Å². The van der Waals surface area contributed by atoms with Gasteiger partial charge in [-0.25, -0.2) is 0 Å². The molecule has 0 bridgehead atoms. The van der Waals surface area contributed by atoms with Gasteiger partial charge in [0.05, 0.1) is 32.0 Å². The summed E-state index contributed by atoms with van der Waals surface area (Å²) < 4.78 is 16.7. The lowest BCUT2D eigenvalue weighted by atomic mass is 9.99. The first-order valence-corrected chi connectivity index (χ1v) is 36.6. The minimum absolute atomic E-state index is 0.0135. The lowest BCUT2D eigenvalue weighted by Crippen LogP contribution is -2.60. The van der Waals surface area contributed by atoms with E-state index in [0.717, 1.165) is 51.4 Å². The molecule has 0 aromatic heterocycles. The summed E-state index contributed by atoms with van der Waals surface area (Å²) in [6, 6.07) is -0.806. The van der Waals surface area contributed by atoms with Crippen LogP contribution >= 0.6 is 0 Å². The predicted octanol–water partition coefficient (Wildman–Crippen LogP) is 18.8. The average Bonchev–Trinajstić information content (AvgIpc) is 3.52. The number of aliphatic hydroxyl groups is 5. The van der Waals surface area contributed by atoms with Crippen LogP contribution in [0.2, 0.25) is 0 Å². The summed E-state index contributed by atoms with van der Waals surface area (Å²) in [6.45, 7) is 4.37. The molecule has 496 valence electrons. The van der Waals surface area contributed by atoms with Crippen LogP contribution in [-0.4, -0.2) is 100 Å². The Balaban J connectivity index is 1.90. The SMILES string of the molecule is CCCCCCCCCC/C=C/C(O)C(COC1OC(CO)C(O)C(O)C1O)NC(=O)CCCCCCCCCCCCCCCCCCC/C=C\CCCCCCCCCCCCCCOC(=O)CCCCCCCCCCCCCCC. The number of aliphatic hydroxyl groups excluding tert-OH is 5. The van der Waals surface area contributed by atoms with Gasteiger partial charge in [0.1, 0.15) is 24.4 Å². The van der Waals surface area contributed by atoms with E-state index in [0.29, 0.717) is 19.4 Å². The van der Waals surface area contributed by atoms with Crippen LogP contribution in [0.15, 0.2) is 24.3 Å². The Kier molecular flexibility index (Phi) is 59.9. The maximum atomic E-state index is 13.0. The summed E-state index contributed by atoms with van der Waals surface area (Å²) >= 11 is 0. The predicted molar refractivity (Wildman–Crippen MR) is 352 cm³/mol. The highest BCUT2D eigenvalue weighted by Crippen LogP contribution is 2.23. The van der Waals surface area contributed by atoms with Crippen molar-refractivity contribution >= 4 is 11.9 Å². The minimum atomic E-state index is -1.57. The molecule has 0 saturated carbocycles. The Morgan fingerprint density at radius 2 is 0.762 bits per heavy atom. The molecule has 0 aromatic rings. The largest absolute Gasteiger partial charge is 0.466 e. The summed E-state index contributed by atoms with van der Waals surface area (Å²) in [5.74, 6) is -0.165. The lowest BCUT2D eigenvalue weighted by molar-refractivity contribution is -0.302. The molecule has 1 aliphatic rings. The van der Waals surface area contributed by atoms with E-state index in [2.05, 4.69) is 31.3 Å². The number of esters is 1. The summed E-state index contributed by atoms with van der Waals surface area (Å²) in [5.41, 5.74) is 0. The Bertz CT molecular complexity index is 1440. The zero-order valence-corrected chi connectivity index (χ0v) is 55.1. The first kappa shape index (κ1) is 80.2. The van der Waals surface area contributed by atoms with Gasteiger partial charge >= 0.3 is 5.97 Å². The third kappa shape index (κ3) is 51.1. The molecule has 0 aromatic carbocycles. The van der Waals surface area contributed by atoms with Gasteiger partial charge < -0.3 is 45.1 Å². The highest BCUT2D eigenvalue weighted by Gasteiger charge is 2.44. The number of nitrogens with one attached hydrogen (secondary N) is 1. The van der Waals surface area contributed by atoms with E-state index in [1.165, 1.54) is 289 Å². The van der Waals surface area contributed by atoms with Gasteiger partial charge in [0.15, 0.2) is 6.29 Å². The van der Waals surface area contributed by atoms with Crippen molar-refractivity contribution in [1.29, 1.82) is 0 Å². The van der Waals surface area contributed by atoms with Crippen LogP contribution in [0.25, 0.3) is 0 Å². The molecule has 1 fully saturated rings. The summed E-state index contributed by atoms with van der Waals surface area (Å²) in [6.07, 6.45) is 69.1. The Labute approximate surface area is 518 Å². The van der Waals surface area contributed by atoms with E-state index in [1.807, 2.05) is 6.08 Å². The number of ether oxygens (including phenoxy) is 3. The zero-order valence-electron chi connectivity index (χ0n) is 55.1. The van der Waals surface area contributed by atoms with Crippen LogP contribution < -0.4 is 5.32 Å². The number of unbranched alkanes of at least 4 members (excludes halogenated alkanes) is 49. The van der Waals surface area contributed by atoms with E-state index in [4.69, 9.17) is 14.2 Å².